The molecule has 0 spiro atoms. The van der Waals surface area contributed by atoms with E-state index in [1.54, 1.807) is 0 Å². The maximum Gasteiger partial charge on any atom is 0.452 e. The van der Waals surface area contributed by atoms with Crippen molar-refractivity contribution in [2.24, 2.45) is 0 Å². The predicted octanol–water partition coefficient (Wildman–Crippen LogP) is 2.30. The lowest BCUT2D eigenvalue weighted by Gasteiger charge is -2.23. The Hall–Kier alpha value is -0.890. The summed E-state index contributed by atoms with van der Waals surface area (Å²) in [5.41, 5.74) is 0. The minimum atomic E-state index is -4.48. The van der Waals surface area contributed by atoms with Gasteiger partial charge in [0.25, 0.3) is 0 Å². The molecule has 1 aliphatic rings. The molecule has 1 N–H and O–H groups in total. The van der Waals surface area contributed by atoms with Crippen LogP contribution in [-0.2, 0) is 6.18 Å². The third-order valence-electron chi connectivity index (χ3n) is 2.99. The third-order valence-corrected chi connectivity index (χ3v) is 3.74. The minimum absolute atomic E-state index is 0.105. The van der Waals surface area contributed by atoms with Gasteiger partial charge in [0.1, 0.15) is 0 Å². The first-order valence-electron chi connectivity index (χ1n) is 5.81. The normalized spacial score (nSPS) is 20.7. The van der Waals surface area contributed by atoms with Crippen LogP contribution in [0.4, 0.5) is 18.3 Å². The van der Waals surface area contributed by atoms with Crippen molar-refractivity contribution in [3.63, 3.8) is 0 Å². The maximum absolute atomic E-state index is 12.4. The van der Waals surface area contributed by atoms with Gasteiger partial charge in [0, 0.05) is 30.7 Å². The number of aliphatic hydroxyl groups is 1. The molecule has 1 aromatic rings. The van der Waals surface area contributed by atoms with Crippen LogP contribution in [0.3, 0.4) is 0 Å². The number of alkyl halides is 3. The van der Waals surface area contributed by atoms with Crippen molar-refractivity contribution in [1.82, 2.24) is 9.36 Å². The van der Waals surface area contributed by atoms with Crippen LogP contribution in [0.25, 0.3) is 0 Å². The predicted molar refractivity (Wildman–Crippen MR) is 61.6 cm³/mol. The van der Waals surface area contributed by atoms with Gasteiger partial charge < -0.3 is 10.0 Å². The van der Waals surface area contributed by atoms with E-state index in [1.807, 2.05) is 4.90 Å². The van der Waals surface area contributed by atoms with Gasteiger partial charge in [-0.15, -0.1) is 0 Å². The molecule has 0 radical (unpaired) electrons. The lowest BCUT2D eigenvalue weighted by atomic mass is 10.1. The molecule has 0 aromatic carbocycles. The number of rotatable bonds is 4. The molecular weight excluding hydrogens is 267 g/mol. The molecule has 2 heterocycles. The number of anilines is 1. The molecule has 0 bridgehead atoms. The van der Waals surface area contributed by atoms with Crippen LogP contribution in [0.15, 0.2) is 0 Å². The minimum Gasteiger partial charge on any atom is -0.396 e. The van der Waals surface area contributed by atoms with Gasteiger partial charge in [-0.3, -0.25) is 0 Å². The first kappa shape index (κ1) is 13.5. The SMILES string of the molecule is OCCCC1CCCN1c1nc(C(F)(F)F)ns1. The summed E-state index contributed by atoms with van der Waals surface area (Å²) in [7, 11) is 0. The monoisotopic (exact) mass is 281 g/mol. The topological polar surface area (TPSA) is 49.2 Å². The van der Waals surface area contributed by atoms with Gasteiger partial charge in [-0.25, -0.2) is 0 Å². The fraction of sp³-hybridized carbons (Fsp3) is 0.800. The molecule has 1 aliphatic heterocycles. The fourth-order valence-corrected chi connectivity index (χ4v) is 2.95. The Morgan fingerprint density at radius 2 is 2.22 bits per heavy atom. The summed E-state index contributed by atoms with van der Waals surface area (Å²) in [6.45, 7) is 0.816. The van der Waals surface area contributed by atoms with Crippen molar-refractivity contribution in [2.45, 2.75) is 37.9 Å². The van der Waals surface area contributed by atoms with Crippen molar-refractivity contribution in [1.29, 1.82) is 0 Å². The van der Waals surface area contributed by atoms with E-state index >= 15 is 0 Å². The van der Waals surface area contributed by atoms with Crippen LogP contribution in [0, 0.1) is 0 Å². The molecule has 2 rings (SSSR count). The highest BCUT2D eigenvalue weighted by Crippen LogP contribution is 2.33. The summed E-state index contributed by atoms with van der Waals surface area (Å²) >= 11 is 0.793. The average molecular weight is 281 g/mol. The molecule has 0 amide bonds. The standard InChI is InChI=1S/C10H14F3N3OS/c11-10(12,13)8-14-9(18-15-8)16-5-1-3-7(16)4-2-6-17/h7,17H,1-6H2. The average Bonchev–Trinajstić information content (AvgIpc) is 2.93. The Labute approximate surface area is 107 Å². The molecular formula is C10H14F3N3OS. The lowest BCUT2D eigenvalue weighted by Crippen LogP contribution is -2.29. The van der Waals surface area contributed by atoms with E-state index in [0.29, 0.717) is 18.1 Å². The highest BCUT2D eigenvalue weighted by atomic mass is 32.1. The molecule has 0 saturated carbocycles. The Morgan fingerprint density at radius 3 is 2.83 bits per heavy atom. The van der Waals surface area contributed by atoms with Crippen LogP contribution in [-0.4, -0.2) is 33.7 Å². The summed E-state index contributed by atoms with van der Waals surface area (Å²) < 4.78 is 40.6. The van der Waals surface area contributed by atoms with Crippen molar-refractivity contribution < 1.29 is 18.3 Å². The van der Waals surface area contributed by atoms with Gasteiger partial charge in [0.05, 0.1) is 0 Å². The zero-order valence-corrected chi connectivity index (χ0v) is 10.5. The summed E-state index contributed by atoms with van der Waals surface area (Å²) in [6.07, 6.45) is -1.17. The van der Waals surface area contributed by atoms with Crippen molar-refractivity contribution in [3.8, 4) is 0 Å². The third kappa shape index (κ3) is 2.92. The summed E-state index contributed by atoms with van der Waals surface area (Å²) in [4.78, 5) is 5.45. The zero-order chi connectivity index (χ0) is 13.2. The van der Waals surface area contributed by atoms with Gasteiger partial charge in [0.15, 0.2) is 0 Å². The van der Waals surface area contributed by atoms with Crippen LogP contribution in [0.1, 0.15) is 31.5 Å². The molecule has 0 aliphatic carbocycles. The number of halogens is 3. The van der Waals surface area contributed by atoms with E-state index in [-0.39, 0.29) is 12.6 Å². The summed E-state index contributed by atoms with van der Waals surface area (Å²) in [5, 5.41) is 9.14. The second kappa shape index (κ2) is 5.40. The zero-order valence-electron chi connectivity index (χ0n) is 9.65. The highest BCUT2D eigenvalue weighted by molar-refractivity contribution is 7.09. The van der Waals surface area contributed by atoms with Gasteiger partial charge in [-0.2, -0.15) is 22.5 Å². The molecule has 1 aromatic heterocycles. The smallest absolute Gasteiger partial charge is 0.396 e. The molecule has 18 heavy (non-hydrogen) atoms. The molecule has 1 unspecified atom stereocenters. The maximum atomic E-state index is 12.4. The van der Waals surface area contributed by atoms with Crippen molar-refractivity contribution in [2.75, 3.05) is 18.1 Å². The first-order chi connectivity index (χ1) is 8.52. The molecule has 1 saturated heterocycles. The fourth-order valence-electron chi connectivity index (χ4n) is 2.16. The van der Waals surface area contributed by atoms with E-state index in [2.05, 4.69) is 9.36 Å². The number of nitrogens with zero attached hydrogens (tertiary/aromatic N) is 3. The molecule has 8 heteroatoms. The number of aliphatic hydroxyl groups excluding tert-OH is 1. The van der Waals surface area contributed by atoms with Gasteiger partial charge in [-0.1, -0.05) is 0 Å². The van der Waals surface area contributed by atoms with Crippen molar-refractivity contribution >= 4 is 16.7 Å². The van der Waals surface area contributed by atoms with E-state index in [4.69, 9.17) is 5.11 Å². The number of aromatic nitrogens is 2. The Balaban J connectivity index is 2.08. The number of hydrogen-bond donors (Lipinski definition) is 1. The van der Waals surface area contributed by atoms with Crippen LogP contribution < -0.4 is 4.90 Å². The molecule has 4 nitrogen and oxygen atoms in total. The Kier molecular flexibility index (Phi) is 4.06. The number of hydrogen-bond acceptors (Lipinski definition) is 5. The van der Waals surface area contributed by atoms with Gasteiger partial charge >= 0.3 is 6.18 Å². The lowest BCUT2D eigenvalue weighted by molar-refractivity contribution is -0.144. The van der Waals surface area contributed by atoms with Crippen LogP contribution >= 0.6 is 11.5 Å². The van der Waals surface area contributed by atoms with E-state index in [9.17, 15) is 13.2 Å². The molecule has 102 valence electrons. The largest absolute Gasteiger partial charge is 0.452 e. The molecule has 1 atom stereocenters. The van der Waals surface area contributed by atoms with E-state index < -0.39 is 12.0 Å². The van der Waals surface area contributed by atoms with Crippen LogP contribution in [0.2, 0.25) is 0 Å². The van der Waals surface area contributed by atoms with Crippen molar-refractivity contribution in [3.05, 3.63) is 5.82 Å². The Morgan fingerprint density at radius 1 is 1.44 bits per heavy atom. The summed E-state index contributed by atoms with van der Waals surface area (Å²) in [6, 6.07) is 0.172. The quantitative estimate of drug-likeness (QED) is 0.920. The Bertz CT molecular complexity index is 396. The van der Waals surface area contributed by atoms with Crippen LogP contribution in [0.5, 0.6) is 0 Å². The van der Waals surface area contributed by atoms with E-state index in [1.165, 1.54) is 0 Å². The van der Waals surface area contributed by atoms with Gasteiger partial charge in [-0.05, 0) is 25.7 Å². The first-order valence-corrected chi connectivity index (χ1v) is 6.58. The second-order valence-electron chi connectivity index (χ2n) is 4.25. The highest BCUT2D eigenvalue weighted by Gasteiger charge is 2.37. The van der Waals surface area contributed by atoms with Gasteiger partial charge in [0.2, 0.25) is 11.0 Å². The summed E-state index contributed by atoms with van der Waals surface area (Å²) in [5.74, 6) is -1.06. The second-order valence-corrected chi connectivity index (χ2v) is 4.98. The molecule has 1 fully saturated rings. The van der Waals surface area contributed by atoms with E-state index in [0.717, 1.165) is 30.8 Å².